The lowest BCUT2D eigenvalue weighted by atomic mass is 10.0. The largest absolute Gasteiger partial charge is 0.481 e. The molecule has 0 fully saturated rings. The van der Waals surface area contributed by atoms with Crippen molar-refractivity contribution < 1.29 is 39.0 Å². The molecule has 14 nitrogen and oxygen atoms in total. The third kappa shape index (κ3) is 12.0. The van der Waals surface area contributed by atoms with E-state index in [1.807, 2.05) is 0 Å². The maximum atomic E-state index is 13.1. The van der Waals surface area contributed by atoms with Crippen molar-refractivity contribution in [3.8, 4) is 0 Å². The highest BCUT2D eigenvalue weighted by atomic mass is 16.4. The lowest BCUT2D eigenvalue weighted by molar-refractivity contribution is -0.142. The van der Waals surface area contributed by atoms with Gasteiger partial charge in [-0.25, -0.2) is 4.79 Å². The van der Waals surface area contributed by atoms with Crippen molar-refractivity contribution in [2.45, 2.75) is 62.7 Å². The number of unbranched alkanes of at least 4 members (excludes halogenated alkanes) is 1. The van der Waals surface area contributed by atoms with E-state index >= 15 is 0 Å². The number of hydrogen-bond donors (Lipinski definition) is 8. The molecule has 0 unspecified atom stereocenters. The van der Waals surface area contributed by atoms with Crippen molar-refractivity contribution in [3.63, 3.8) is 0 Å². The quantitative estimate of drug-likeness (QED) is 0.100. The summed E-state index contributed by atoms with van der Waals surface area (Å²) < 4.78 is 0. The number of aliphatic carboxylic acids is 2. The Morgan fingerprint density at radius 1 is 0.784 bits per heavy atom. The number of primary amides is 1. The van der Waals surface area contributed by atoms with Gasteiger partial charge >= 0.3 is 11.9 Å². The Balaban J connectivity index is 3.08. The summed E-state index contributed by atoms with van der Waals surface area (Å²) in [5, 5.41) is 25.3. The zero-order chi connectivity index (χ0) is 28.0. The number of nitrogens with two attached hydrogens (primary N) is 3. The maximum Gasteiger partial charge on any atom is 0.326 e. The Hall–Kier alpha value is -4.04. The number of carboxylic acids is 2. The van der Waals surface area contributed by atoms with E-state index < -0.39 is 72.6 Å². The topological polar surface area (TPSA) is 257 Å². The van der Waals surface area contributed by atoms with Gasteiger partial charge in [0.25, 0.3) is 0 Å². The monoisotopic (exact) mass is 522 g/mol. The molecule has 0 saturated carbocycles. The van der Waals surface area contributed by atoms with E-state index in [2.05, 4.69) is 16.0 Å². The van der Waals surface area contributed by atoms with E-state index in [4.69, 9.17) is 22.3 Å². The molecule has 0 saturated heterocycles. The van der Waals surface area contributed by atoms with Crippen LogP contribution in [0.4, 0.5) is 0 Å². The van der Waals surface area contributed by atoms with Crippen LogP contribution >= 0.6 is 0 Å². The first-order valence-electron chi connectivity index (χ1n) is 11.6. The van der Waals surface area contributed by atoms with E-state index in [0.29, 0.717) is 24.9 Å². The number of benzene rings is 1. The molecule has 0 spiro atoms. The van der Waals surface area contributed by atoms with Gasteiger partial charge in [-0.15, -0.1) is 0 Å². The number of amides is 4. The number of rotatable bonds is 17. The molecule has 0 bridgehead atoms. The minimum absolute atomic E-state index is 0.0556. The van der Waals surface area contributed by atoms with Crippen molar-refractivity contribution in [3.05, 3.63) is 35.9 Å². The molecule has 0 aliphatic carbocycles. The predicted octanol–water partition coefficient (Wildman–Crippen LogP) is -2.43. The number of carbonyl (C=O) groups is 6. The van der Waals surface area contributed by atoms with Crippen LogP contribution < -0.4 is 33.2 Å². The molecule has 1 aromatic rings. The predicted molar refractivity (Wildman–Crippen MR) is 131 cm³/mol. The SMILES string of the molecule is NCCCC[C@H](NC(=O)[C@H](CC(N)=O)NC(=O)[C@H](Cc1ccccc1)NC(=O)[C@@H](N)CC(=O)O)C(=O)O. The van der Waals surface area contributed by atoms with Crippen molar-refractivity contribution in [1.82, 2.24) is 16.0 Å². The van der Waals surface area contributed by atoms with Crippen molar-refractivity contribution in [2.24, 2.45) is 17.2 Å². The Labute approximate surface area is 213 Å². The van der Waals surface area contributed by atoms with Crippen molar-refractivity contribution in [2.75, 3.05) is 6.54 Å². The van der Waals surface area contributed by atoms with E-state index in [1.165, 1.54) is 0 Å². The van der Waals surface area contributed by atoms with Gasteiger partial charge in [-0.05, 0) is 31.4 Å². The molecule has 0 aromatic heterocycles. The lowest BCUT2D eigenvalue weighted by Gasteiger charge is -2.25. The molecular formula is C23H34N6O8. The number of nitrogens with one attached hydrogen (secondary N) is 3. The minimum atomic E-state index is -1.54. The third-order valence-corrected chi connectivity index (χ3v) is 5.25. The summed E-state index contributed by atoms with van der Waals surface area (Å²) in [5.41, 5.74) is 16.8. The summed E-state index contributed by atoms with van der Waals surface area (Å²) in [6.07, 6.45) is -0.353. The van der Waals surface area contributed by atoms with Crippen molar-refractivity contribution in [1.29, 1.82) is 0 Å². The summed E-state index contributed by atoms with van der Waals surface area (Å²) in [6.45, 7) is 0.339. The van der Waals surface area contributed by atoms with E-state index in [9.17, 15) is 33.9 Å². The van der Waals surface area contributed by atoms with Gasteiger partial charge in [-0.3, -0.25) is 24.0 Å². The zero-order valence-corrected chi connectivity index (χ0v) is 20.2. The first kappa shape index (κ1) is 31.0. The average Bonchev–Trinajstić information content (AvgIpc) is 2.82. The highest BCUT2D eigenvalue weighted by Gasteiger charge is 2.31. The van der Waals surface area contributed by atoms with Gasteiger partial charge in [0, 0.05) is 6.42 Å². The van der Waals surface area contributed by atoms with Crippen LogP contribution in [-0.2, 0) is 35.2 Å². The van der Waals surface area contributed by atoms with Crippen LogP contribution in [0, 0.1) is 0 Å². The molecule has 0 aliphatic heterocycles. The van der Waals surface area contributed by atoms with Gasteiger partial charge in [-0.2, -0.15) is 0 Å². The van der Waals surface area contributed by atoms with Gasteiger partial charge in [0.1, 0.15) is 18.1 Å². The van der Waals surface area contributed by atoms with Crippen LogP contribution in [0.25, 0.3) is 0 Å². The van der Waals surface area contributed by atoms with Crippen LogP contribution in [0.3, 0.4) is 0 Å². The molecule has 11 N–H and O–H groups in total. The summed E-state index contributed by atoms with van der Waals surface area (Å²) in [4.78, 5) is 72.3. The second-order valence-corrected chi connectivity index (χ2v) is 8.37. The smallest absolute Gasteiger partial charge is 0.326 e. The highest BCUT2D eigenvalue weighted by molar-refractivity contribution is 5.96. The van der Waals surface area contributed by atoms with Gasteiger partial charge < -0.3 is 43.4 Å². The zero-order valence-electron chi connectivity index (χ0n) is 20.2. The fourth-order valence-corrected chi connectivity index (χ4v) is 3.32. The van der Waals surface area contributed by atoms with Crippen LogP contribution in [0.2, 0.25) is 0 Å². The van der Waals surface area contributed by atoms with Gasteiger partial charge in [0.2, 0.25) is 23.6 Å². The Morgan fingerprint density at radius 3 is 1.89 bits per heavy atom. The number of carboxylic acid groups (broad SMARTS) is 2. The minimum Gasteiger partial charge on any atom is -0.481 e. The highest BCUT2D eigenvalue weighted by Crippen LogP contribution is 2.07. The summed E-state index contributed by atoms with van der Waals surface area (Å²) in [5.74, 6) is -6.33. The van der Waals surface area contributed by atoms with E-state index in [-0.39, 0.29) is 12.8 Å². The van der Waals surface area contributed by atoms with Crippen LogP contribution in [0.15, 0.2) is 30.3 Å². The molecule has 204 valence electrons. The Kier molecular flexibility index (Phi) is 13.3. The van der Waals surface area contributed by atoms with Gasteiger partial charge in [-0.1, -0.05) is 30.3 Å². The molecule has 14 heteroatoms. The second kappa shape index (κ2) is 15.9. The van der Waals surface area contributed by atoms with Gasteiger partial charge in [0.15, 0.2) is 0 Å². The average molecular weight is 523 g/mol. The standard InChI is InChI=1S/C23H34N6O8/c24-9-5-4-8-15(23(36)37)27-22(35)17(12-18(26)30)29-21(34)16(10-13-6-2-1-3-7-13)28-20(33)14(25)11-19(31)32/h1-3,6-7,14-17H,4-5,8-12,24-25H2,(H2,26,30)(H,27,35)(H,28,33)(H,29,34)(H,31,32)(H,36,37)/t14-,15-,16-,17-/m0/s1. The molecule has 4 atom stereocenters. The molecule has 1 aromatic carbocycles. The molecule has 0 heterocycles. The first-order chi connectivity index (χ1) is 17.4. The normalized spacial score (nSPS) is 13.9. The summed E-state index contributed by atoms with van der Waals surface area (Å²) in [6, 6.07) is 2.90. The molecule has 0 radical (unpaired) electrons. The van der Waals surface area contributed by atoms with Gasteiger partial charge in [0.05, 0.1) is 18.9 Å². The first-order valence-corrected chi connectivity index (χ1v) is 11.6. The lowest BCUT2D eigenvalue weighted by Crippen LogP contribution is -2.58. The Bertz CT molecular complexity index is 958. The van der Waals surface area contributed by atoms with Crippen molar-refractivity contribution >= 4 is 35.6 Å². The van der Waals surface area contributed by atoms with Crippen LogP contribution in [-0.4, -0.2) is 76.5 Å². The molecule has 1 rings (SSSR count). The van der Waals surface area contributed by atoms with E-state index in [1.54, 1.807) is 30.3 Å². The fourth-order valence-electron chi connectivity index (χ4n) is 3.32. The maximum absolute atomic E-state index is 13.1. The summed E-state index contributed by atoms with van der Waals surface area (Å²) in [7, 11) is 0. The molecule has 4 amide bonds. The van der Waals surface area contributed by atoms with Crippen LogP contribution in [0.5, 0.6) is 0 Å². The van der Waals surface area contributed by atoms with Crippen LogP contribution in [0.1, 0.15) is 37.7 Å². The third-order valence-electron chi connectivity index (χ3n) is 5.25. The molecule has 37 heavy (non-hydrogen) atoms. The number of carbonyl (C=O) groups excluding carboxylic acids is 4. The molecule has 0 aliphatic rings. The fraction of sp³-hybridized carbons (Fsp3) is 0.478. The molecular weight excluding hydrogens is 488 g/mol. The number of hydrogen-bond acceptors (Lipinski definition) is 8. The Morgan fingerprint density at radius 2 is 1.35 bits per heavy atom. The summed E-state index contributed by atoms with van der Waals surface area (Å²) >= 11 is 0. The van der Waals surface area contributed by atoms with E-state index in [0.717, 1.165) is 0 Å². The second-order valence-electron chi connectivity index (χ2n) is 8.37.